The lowest BCUT2D eigenvalue weighted by Gasteiger charge is -2.17. The van der Waals surface area contributed by atoms with E-state index in [4.69, 9.17) is 10.5 Å². The lowest BCUT2D eigenvalue weighted by molar-refractivity contribution is 0.408. The molecule has 2 nitrogen and oxygen atoms in total. The van der Waals surface area contributed by atoms with Crippen LogP contribution in [0.2, 0.25) is 0 Å². The number of ether oxygens (including phenoxy) is 1. The molecule has 0 saturated carbocycles. The van der Waals surface area contributed by atoms with E-state index in [0.717, 1.165) is 23.3 Å². The fourth-order valence-electron chi connectivity index (χ4n) is 2.21. The van der Waals surface area contributed by atoms with Crippen LogP contribution in [0, 0.1) is 5.82 Å². The first-order chi connectivity index (χ1) is 9.24. The van der Waals surface area contributed by atoms with Crippen molar-refractivity contribution in [1.29, 1.82) is 0 Å². The number of para-hydroxylation sites is 1. The minimum Gasteiger partial charge on any atom is -0.496 e. The van der Waals surface area contributed by atoms with Crippen molar-refractivity contribution in [3.05, 3.63) is 65.5 Å². The number of benzene rings is 2. The number of hydrogen-bond donors (Lipinski definition) is 1. The molecule has 0 bridgehead atoms. The standard InChI is InChI=1S/C16H18FNO/c1-19-16-5-3-2-4-13(16)10-14(11-18)12-6-8-15(17)9-7-12/h2-9,14H,10-11,18H2,1H3. The second-order valence-electron chi connectivity index (χ2n) is 4.50. The summed E-state index contributed by atoms with van der Waals surface area (Å²) in [5.41, 5.74) is 8.01. The Morgan fingerprint density at radius 2 is 1.79 bits per heavy atom. The van der Waals surface area contributed by atoms with Gasteiger partial charge in [-0.25, -0.2) is 4.39 Å². The molecule has 100 valence electrons. The van der Waals surface area contributed by atoms with E-state index >= 15 is 0 Å². The third-order valence-electron chi connectivity index (χ3n) is 3.28. The van der Waals surface area contributed by atoms with E-state index in [1.54, 1.807) is 19.2 Å². The number of nitrogens with two attached hydrogens (primary N) is 1. The van der Waals surface area contributed by atoms with E-state index in [1.807, 2.05) is 24.3 Å². The summed E-state index contributed by atoms with van der Waals surface area (Å²) in [6, 6.07) is 14.4. The molecule has 0 radical (unpaired) electrons. The highest BCUT2D eigenvalue weighted by Crippen LogP contribution is 2.26. The quantitative estimate of drug-likeness (QED) is 0.895. The summed E-state index contributed by atoms with van der Waals surface area (Å²) >= 11 is 0. The Morgan fingerprint density at radius 1 is 1.11 bits per heavy atom. The fourth-order valence-corrected chi connectivity index (χ4v) is 2.21. The van der Waals surface area contributed by atoms with Crippen LogP contribution in [0.5, 0.6) is 5.75 Å². The van der Waals surface area contributed by atoms with Crippen LogP contribution in [0.3, 0.4) is 0 Å². The number of methoxy groups -OCH3 is 1. The van der Waals surface area contributed by atoms with Gasteiger partial charge in [-0.05, 0) is 42.3 Å². The van der Waals surface area contributed by atoms with E-state index in [-0.39, 0.29) is 11.7 Å². The molecule has 2 aromatic carbocycles. The molecule has 0 aliphatic rings. The predicted octanol–water partition coefficient (Wildman–Crippen LogP) is 3.12. The highest BCUT2D eigenvalue weighted by atomic mass is 19.1. The van der Waals surface area contributed by atoms with Gasteiger partial charge in [-0.1, -0.05) is 30.3 Å². The van der Waals surface area contributed by atoms with Crippen molar-refractivity contribution in [1.82, 2.24) is 0 Å². The first-order valence-corrected chi connectivity index (χ1v) is 6.32. The van der Waals surface area contributed by atoms with Crippen LogP contribution >= 0.6 is 0 Å². The van der Waals surface area contributed by atoms with Gasteiger partial charge in [0, 0.05) is 5.92 Å². The molecule has 3 heteroatoms. The SMILES string of the molecule is COc1ccccc1CC(CN)c1ccc(F)cc1. The summed E-state index contributed by atoms with van der Waals surface area (Å²) < 4.78 is 18.3. The Hall–Kier alpha value is -1.87. The van der Waals surface area contributed by atoms with E-state index < -0.39 is 0 Å². The van der Waals surface area contributed by atoms with Gasteiger partial charge in [-0.2, -0.15) is 0 Å². The molecule has 1 atom stereocenters. The van der Waals surface area contributed by atoms with Crippen molar-refractivity contribution in [2.45, 2.75) is 12.3 Å². The molecule has 0 saturated heterocycles. The largest absolute Gasteiger partial charge is 0.496 e. The zero-order chi connectivity index (χ0) is 13.7. The monoisotopic (exact) mass is 259 g/mol. The molecule has 0 aliphatic heterocycles. The molecule has 2 N–H and O–H groups in total. The van der Waals surface area contributed by atoms with Gasteiger partial charge in [0.2, 0.25) is 0 Å². The van der Waals surface area contributed by atoms with Gasteiger partial charge in [0.05, 0.1) is 7.11 Å². The minimum absolute atomic E-state index is 0.164. The predicted molar refractivity (Wildman–Crippen MR) is 74.9 cm³/mol. The summed E-state index contributed by atoms with van der Waals surface area (Å²) in [6.45, 7) is 0.518. The van der Waals surface area contributed by atoms with Crippen molar-refractivity contribution in [2.24, 2.45) is 5.73 Å². The lowest BCUT2D eigenvalue weighted by atomic mass is 9.91. The first kappa shape index (κ1) is 13.6. The molecule has 19 heavy (non-hydrogen) atoms. The van der Waals surface area contributed by atoms with Crippen LogP contribution in [0.25, 0.3) is 0 Å². The maximum Gasteiger partial charge on any atom is 0.123 e. The van der Waals surface area contributed by atoms with Crippen LogP contribution < -0.4 is 10.5 Å². The number of hydrogen-bond acceptors (Lipinski definition) is 2. The topological polar surface area (TPSA) is 35.2 Å². The Kier molecular flexibility index (Phi) is 4.53. The van der Waals surface area contributed by atoms with E-state index in [2.05, 4.69) is 0 Å². The third kappa shape index (κ3) is 3.32. The Labute approximate surface area is 113 Å². The second kappa shape index (κ2) is 6.34. The van der Waals surface area contributed by atoms with E-state index in [9.17, 15) is 4.39 Å². The van der Waals surface area contributed by atoms with Crippen LogP contribution in [0.1, 0.15) is 17.0 Å². The molecule has 0 aliphatic carbocycles. The summed E-state index contributed by atoms with van der Waals surface area (Å²) in [7, 11) is 1.66. The molecule has 2 rings (SSSR count). The maximum atomic E-state index is 12.9. The third-order valence-corrected chi connectivity index (χ3v) is 3.28. The van der Waals surface area contributed by atoms with Gasteiger partial charge in [0.15, 0.2) is 0 Å². The maximum absolute atomic E-state index is 12.9. The zero-order valence-electron chi connectivity index (χ0n) is 11.0. The van der Waals surface area contributed by atoms with Crippen molar-refractivity contribution in [3.8, 4) is 5.75 Å². The van der Waals surface area contributed by atoms with Gasteiger partial charge >= 0.3 is 0 Å². The highest BCUT2D eigenvalue weighted by Gasteiger charge is 2.13. The fraction of sp³-hybridized carbons (Fsp3) is 0.250. The number of rotatable bonds is 5. The molecule has 0 aromatic heterocycles. The normalized spacial score (nSPS) is 12.2. The van der Waals surface area contributed by atoms with Crippen molar-refractivity contribution in [3.63, 3.8) is 0 Å². The number of halogens is 1. The average Bonchev–Trinajstić information content (AvgIpc) is 2.46. The van der Waals surface area contributed by atoms with Crippen molar-refractivity contribution in [2.75, 3.05) is 13.7 Å². The highest BCUT2D eigenvalue weighted by molar-refractivity contribution is 5.35. The average molecular weight is 259 g/mol. The van der Waals surface area contributed by atoms with Crippen molar-refractivity contribution >= 4 is 0 Å². The minimum atomic E-state index is -0.225. The second-order valence-corrected chi connectivity index (χ2v) is 4.50. The molecule has 1 unspecified atom stereocenters. The molecule has 0 fully saturated rings. The molecular weight excluding hydrogens is 241 g/mol. The summed E-state index contributed by atoms with van der Waals surface area (Å²) in [5.74, 6) is 0.803. The molecule has 2 aromatic rings. The molecule has 0 spiro atoms. The van der Waals surface area contributed by atoms with Gasteiger partial charge in [-0.3, -0.25) is 0 Å². The van der Waals surface area contributed by atoms with Gasteiger partial charge < -0.3 is 10.5 Å². The Bertz CT molecular complexity index is 525. The van der Waals surface area contributed by atoms with Gasteiger partial charge in [-0.15, -0.1) is 0 Å². The van der Waals surface area contributed by atoms with Crippen LogP contribution in [-0.2, 0) is 6.42 Å². The first-order valence-electron chi connectivity index (χ1n) is 6.32. The lowest BCUT2D eigenvalue weighted by Crippen LogP contribution is -2.15. The molecule has 0 amide bonds. The van der Waals surface area contributed by atoms with Gasteiger partial charge in [0.25, 0.3) is 0 Å². The molecule has 0 heterocycles. The summed E-state index contributed by atoms with van der Waals surface area (Å²) in [6.07, 6.45) is 0.784. The zero-order valence-corrected chi connectivity index (χ0v) is 11.0. The summed E-state index contributed by atoms with van der Waals surface area (Å²) in [4.78, 5) is 0. The van der Waals surface area contributed by atoms with E-state index in [0.29, 0.717) is 6.54 Å². The Balaban J connectivity index is 2.21. The van der Waals surface area contributed by atoms with Crippen LogP contribution in [0.4, 0.5) is 4.39 Å². The van der Waals surface area contributed by atoms with Crippen LogP contribution in [0.15, 0.2) is 48.5 Å². The smallest absolute Gasteiger partial charge is 0.123 e. The Morgan fingerprint density at radius 3 is 2.42 bits per heavy atom. The van der Waals surface area contributed by atoms with Gasteiger partial charge in [0.1, 0.15) is 11.6 Å². The van der Waals surface area contributed by atoms with E-state index in [1.165, 1.54) is 12.1 Å². The summed E-state index contributed by atoms with van der Waals surface area (Å²) in [5, 5.41) is 0. The van der Waals surface area contributed by atoms with Crippen LogP contribution in [-0.4, -0.2) is 13.7 Å². The van der Waals surface area contributed by atoms with Crippen molar-refractivity contribution < 1.29 is 9.13 Å². The molecular formula is C16H18FNO.